The highest BCUT2D eigenvalue weighted by Gasteiger charge is 1.99. The van der Waals surface area contributed by atoms with Crippen LogP contribution in [-0.4, -0.2) is 21.4 Å². The van der Waals surface area contributed by atoms with Crippen LogP contribution in [0.2, 0.25) is 0 Å². The van der Waals surface area contributed by atoms with E-state index in [9.17, 15) is 5.11 Å². The number of hydrogen-bond acceptors (Lipinski definition) is 5. The predicted octanol–water partition coefficient (Wildman–Crippen LogP) is 2.30. The van der Waals surface area contributed by atoms with Crippen molar-refractivity contribution in [2.45, 2.75) is 0 Å². The highest BCUT2D eigenvalue weighted by Crippen LogP contribution is 2.22. The van der Waals surface area contributed by atoms with Crippen molar-refractivity contribution in [1.82, 2.24) is 4.98 Å². The van der Waals surface area contributed by atoms with Crippen LogP contribution in [-0.2, 0) is 0 Å². The third-order valence-electron chi connectivity index (χ3n) is 1.75. The van der Waals surface area contributed by atoms with E-state index in [1.807, 2.05) is 5.38 Å². The summed E-state index contributed by atoms with van der Waals surface area (Å²) in [7, 11) is 0. The SMILES string of the molecule is Oc1ccc(/C=N/c2nccs2)c(O)c1. The van der Waals surface area contributed by atoms with Gasteiger partial charge in [0, 0.05) is 29.4 Å². The molecule has 0 fully saturated rings. The highest BCUT2D eigenvalue weighted by atomic mass is 32.1. The van der Waals surface area contributed by atoms with Gasteiger partial charge in [0.2, 0.25) is 5.13 Å². The van der Waals surface area contributed by atoms with E-state index >= 15 is 0 Å². The molecule has 76 valence electrons. The monoisotopic (exact) mass is 220 g/mol. The Balaban J connectivity index is 2.24. The summed E-state index contributed by atoms with van der Waals surface area (Å²) < 4.78 is 0. The topological polar surface area (TPSA) is 65.7 Å². The quantitative estimate of drug-likeness (QED) is 0.763. The zero-order valence-corrected chi connectivity index (χ0v) is 8.48. The maximum absolute atomic E-state index is 9.45. The molecule has 0 saturated heterocycles. The molecular formula is C10H8N2O2S. The average molecular weight is 220 g/mol. The van der Waals surface area contributed by atoms with Crippen LogP contribution in [0.3, 0.4) is 0 Å². The third-order valence-corrected chi connectivity index (χ3v) is 2.43. The summed E-state index contributed by atoms with van der Waals surface area (Å²) in [5, 5.41) is 21.0. The lowest BCUT2D eigenvalue weighted by molar-refractivity contribution is 0.450. The van der Waals surface area contributed by atoms with Gasteiger partial charge in [-0.2, -0.15) is 0 Å². The molecule has 0 saturated carbocycles. The Kier molecular flexibility index (Phi) is 2.64. The molecule has 0 atom stereocenters. The fourth-order valence-corrected chi connectivity index (χ4v) is 1.52. The molecule has 0 spiro atoms. The Morgan fingerprint density at radius 2 is 2.20 bits per heavy atom. The first-order chi connectivity index (χ1) is 7.25. The molecule has 0 radical (unpaired) electrons. The summed E-state index contributed by atoms with van der Waals surface area (Å²) >= 11 is 1.41. The van der Waals surface area contributed by atoms with Crippen LogP contribution in [0, 0.1) is 0 Å². The third kappa shape index (κ3) is 2.32. The van der Waals surface area contributed by atoms with Gasteiger partial charge in [-0.25, -0.2) is 9.98 Å². The van der Waals surface area contributed by atoms with Crippen molar-refractivity contribution in [3.8, 4) is 11.5 Å². The van der Waals surface area contributed by atoms with Crippen molar-refractivity contribution in [3.63, 3.8) is 0 Å². The molecule has 0 unspecified atom stereocenters. The minimum absolute atomic E-state index is 0.00435. The first-order valence-electron chi connectivity index (χ1n) is 4.21. The second-order valence-electron chi connectivity index (χ2n) is 2.82. The Morgan fingerprint density at radius 1 is 1.33 bits per heavy atom. The molecule has 2 N–H and O–H groups in total. The Morgan fingerprint density at radius 3 is 2.87 bits per heavy atom. The number of nitrogens with zero attached hydrogens (tertiary/aromatic N) is 2. The van der Waals surface area contributed by atoms with Gasteiger partial charge in [-0.1, -0.05) is 0 Å². The number of thiazole rings is 1. The van der Waals surface area contributed by atoms with Crippen LogP contribution < -0.4 is 0 Å². The summed E-state index contributed by atoms with van der Waals surface area (Å²) in [6.45, 7) is 0. The van der Waals surface area contributed by atoms with E-state index in [0.717, 1.165) is 0 Å². The summed E-state index contributed by atoms with van der Waals surface area (Å²) in [4.78, 5) is 8.04. The zero-order valence-electron chi connectivity index (χ0n) is 7.66. The van der Waals surface area contributed by atoms with Gasteiger partial charge < -0.3 is 10.2 Å². The van der Waals surface area contributed by atoms with Crippen LogP contribution in [0.15, 0.2) is 34.8 Å². The van der Waals surface area contributed by atoms with E-state index in [0.29, 0.717) is 10.7 Å². The van der Waals surface area contributed by atoms with Crippen molar-refractivity contribution >= 4 is 22.7 Å². The van der Waals surface area contributed by atoms with Gasteiger partial charge in [-0.15, -0.1) is 11.3 Å². The zero-order chi connectivity index (χ0) is 10.7. The average Bonchev–Trinajstić information content (AvgIpc) is 2.69. The van der Waals surface area contributed by atoms with Gasteiger partial charge in [0.15, 0.2) is 0 Å². The maximum atomic E-state index is 9.45. The Labute approximate surface area is 90.2 Å². The van der Waals surface area contributed by atoms with Crippen molar-refractivity contribution in [2.24, 2.45) is 4.99 Å². The predicted molar refractivity (Wildman–Crippen MR) is 59.1 cm³/mol. The number of rotatable bonds is 2. The second kappa shape index (κ2) is 4.10. The fraction of sp³-hybridized carbons (Fsp3) is 0. The van der Waals surface area contributed by atoms with Gasteiger partial charge in [-0.05, 0) is 12.1 Å². The van der Waals surface area contributed by atoms with Crippen LogP contribution in [0.25, 0.3) is 0 Å². The summed E-state index contributed by atoms with van der Waals surface area (Å²) in [6, 6.07) is 4.34. The largest absolute Gasteiger partial charge is 0.508 e. The Hall–Kier alpha value is -1.88. The van der Waals surface area contributed by atoms with E-state index in [4.69, 9.17) is 5.11 Å². The lowest BCUT2D eigenvalue weighted by atomic mass is 10.2. The summed E-state index contributed by atoms with van der Waals surface area (Å²) in [5.41, 5.74) is 0.544. The van der Waals surface area contributed by atoms with Crippen molar-refractivity contribution in [2.75, 3.05) is 0 Å². The molecule has 1 aromatic carbocycles. The number of aromatic hydroxyl groups is 2. The number of phenols is 2. The van der Waals surface area contributed by atoms with Crippen molar-refractivity contribution in [1.29, 1.82) is 0 Å². The molecular weight excluding hydrogens is 212 g/mol. The number of phenolic OH excluding ortho intramolecular Hbond substituents is 2. The molecule has 2 aromatic rings. The van der Waals surface area contributed by atoms with Crippen molar-refractivity contribution in [3.05, 3.63) is 35.3 Å². The highest BCUT2D eigenvalue weighted by molar-refractivity contribution is 7.13. The van der Waals surface area contributed by atoms with Gasteiger partial charge >= 0.3 is 0 Å². The summed E-state index contributed by atoms with van der Waals surface area (Å²) in [5.74, 6) is 0.0224. The van der Waals surface area contributed by atoms with E-state index < -0.39 is 0 Å². The first-order valence-corrected chi connectivity index (χ1v) is 5.09. The van der Waals surface area contributed by atoms with Crippen LogP contribution >= 0.6 is 11.3 Å². The van der Waals surface area contributed by atoms with Crippen LogP contribution in [0.5, 0.6) is 11.5 Å². The molecule has 0 bridgehead atoms. The molecule has 2 rings (SSSR count). The molecule has 0 aliphatic heterocycles. The van der Waals surface area contributed by atoms with Gasteiger partial charge in [-0.3, -0.25) is 0 Å². The number of aromatic nitrogens is 1. The summed E-state index contributed by atoms with van der Waals surface area (Å²) in [6.07, 6.45) is 3.17. The van der Waals surface area contributed by atoms with Crippen LogP contribution in [0.1, 0.15) is 5.56 Å². The van der Waals surface area contributed by atoms with E-state index in [1.54, 1.807) is 12.3 Å². The van der Waals surface area contributed by atoms with Gasteiger partial charge in [0.05, 0.1) is 0 Å². The molecule has 4 nitrogen and oxygen atoms in total. The van der Waals surface area contributed by atoms with E-state index in [-0.39, 0.29) is 11.5 Å². The smallest absolute Gasteiger partial charge is 0.209 e. The molecule has 5 heteroatoms. The lowest BCUT2D eigenvalue weighted by Crippen LogP contribution is -1.81. The number of aliphatic imine (C=N–C) groups is 1. The number of benzene rings is 1. The molecule has 0 aliphatic rings. The maximum Gasteiger partial charge on any atom is 0.209 e. The Bertz CT molecular complexity index is 480. The molecule has 1 heterocycles. The van der Waals surface area contributed by atoms with E-state index in [1.165, 1.54) is 29.7 Å². The molecule has 1 aromatic heterocycles. The van der Waals surface area contributed by atoms with Crippen LogP contribution in [0.4, 0.5) is 5.13 Å². The minimum atomic E-state index is -0.00435. The molecule has 15 heavy (non-hydrogen) atoms. The van der Waals surface area contributed by atoms with Crippen molar-refractivity contribution < 1.29 is 10.2 Å². The van der Waals surface area contributed by atoms with E-state index in [2.05, 4.69) is 9.98 Å². The standard InChI is InChI=1S/C10H8N2O2S/c13-8-2-1-7(9(14)5-8)6-12-10-11-3-4-15-10/h1-6,13-14H/b12-6+. The number of hydrogen-bond donors (Lipinski definition) is 2. The lowest BCUT2D eigenvalue weighted by Gasteiger charge is -1.97. The molecule has 0 amide bonds. The normalized spacial score (nSPS) is 10.9. The van der Waals surface area contributed by atoms with Gasteiger partial charge in [0.25, 0.3) is 0 Å². The second-order valence-corrected chi connectivity index (χ2v) is 3.69. The first kappa shape index (κ1) is 9.67. The molecule has 0 aliphatic carbocycles. The minimum Gasteiger partial charge on any atom is -0.508 e. The fourth-order valence-electron chi connectivity index (χ4n) is 1.05. The van der Waals surface area contributed by atoms with Gasteiger partial charge in [0.1, 0.15) is 11.5 Å².